The highest BCUT2D eigenvalue weighted by Crippen LogP contribution is 2.33. The third kappa shape index (κ3) is 3.95. The smallest absolute Gasteiger partial charge is 0.00478 e. The summed E-state index contributed by atoms with van der Waals surface area (Å²) in [6.45, 7) is 16.1. The van der Waals surface area contributed by atoms with E-state index >= 15 is 0 Å². The third-order valence-electron chi connectivity index (χ3n) is 2.61. The molecule has 0 aromatic carbocycles. The Morgan fingerprint density at radius 1 is 1.38 bits per heavy atom. The Kier molecular flexibility index (Phi) is 6.06. The SMILES string of the molecule is C=CCCC1(C)CN(CC)C1.CC. The van der Waals surface area contributed by atoms with Gasteiger partial charge in [0.25, 0.3) is 0 Å². The molecule has 1 nitrogen and oxygen atoms in total. The normalized spacial score (nSPS) is 19.7. The largest absolute Gasteiger partial charge is 0.302 e. The Bertz CT molecular complexity index is 134. The van der Waals surface area contributed by atoms with E-state index in [2.05, 4.69) is 25.3 Å². The first-order chi connectivity index (χ1) is 6.20. The van der Waals surface area contributed by atoms with Gasteiger partial charge in [0.15, 0.2) is 0 Å². The van der Waals surface area contributed by atoms with Gasteiger partial charge in [0.2, 0.25) is 0 Å². The predicted octanol–water partition coefficient (Wildman–Crippen LogP) is 3.32. The van der Waals surface area contributed by atoms with Crippen LogP contribution < -0.4 is 0 Å². The summed E-state index contributed by atoms with van der Waals surface area (Å²) in [5, 5.41) is 0. The topological polar surface area (TPSA) is 3.24 Å². The highest BCUT2D eigenvalue weighted by molar-refractivity contribution is 4.91. The molecule has 13 heavy (non-hydrogen) atoms. The van der Waals surface area contributed by atoms with Gasteiger partial charge in [-0.05, 0) is 24.8 Å². The summed E-state index contributed by atoms with van der Waals surface area (Å²) in [6, 6.07) is 0. The maximum atomic E-state index is 3.75. The van der Waals surface area contributed by atoms with Crippen molar-refractivity contribution in [2.45, 2.75) is 40.5 Å². The summed E-state index contributed by atoms with van der Waals surface area (Å²) in [5.41, 5.74) is 0.601. The second-order valence-corrected chi connectivity index (χ2v) is 3.94. The molecule has 1 heteroatoms. The van der Waals surface area contributed by atoms with Gasteiger partial charge in [-0.2, -0.15) is 0 Å². The molecule has 0 radical (unpaired) electrons. The van der Waals surface area contributed by atoms with Crippen LogP contribution in [0.15, 0.2) is 12.7 Å². The molecule has 0 bridgehead atoms. The summed E-state index contributed by atoms with van der Waals surface area (Å²) in [4.78, 5) is 2.49. The van der Waals surface area contributed by atoms with Crippen molar-refractivity contribution in [2.75, 3.05) is 19.6 Å². The lowest BCUT2D eigenvalue weighted by Crippen LogP contribution is -2.54. The van der Waals surface area contributed by atoms with E-state index in [0.29, 0.717) is 5.41 Å². The molecule has 1 fully saturated rings. The Morgan fingerprint density at radius 2 is 1.92 bits per heavy atom. The zero-order valence-corrected chi connectivity index (χ0v) is 9.77. The molecule has 0 aliphatic carbocycles. The van der Waals surface area contributed by atoms with Gasteiger partial charge in [0.05, 0.1) is 0 Å². The Balaban J connectivity index is 0.000000671. The van der Waals surface area contributed by atoms with Crippen molar-refractivity contribution in [3.63, 3.8) is 0 Å². The zero-order chi connectivity index (χ0) is 10.3. The Labute approximate surface area is 83.8 Å². The van der Waals surface area contributed by atoms with Crippen LogP contribution in [-0.2, 0) is 0 Å². The highest BCUT2D eigenvalue weighted by Gasteiger charge is 2.36. The number of nitrogens with zero attached hydrogens (tertiary/aromatic N) is 1. The fraction of sp³-hybridized carbons (Fsp3) is 0.833. The standard InChI is InChI=1S/C10H19N.C2H6/c1-4-6-7-10(3)8-11(5-2)9-10;1-2/h4H,1,5-9H2,2-3H3;1-2H3. The first-order valence-electron chi connectivity index (χ1n) is 5.53. The lowest BCUT2D eigenvalue weighted by Gasteiger charge is -2.48. The quantitative estimate of drug-likeness (QED) is 0.604. The minimum absolute atomic E-state index is 0.601. The van der Waals surface area contributed by atoms with Crippen LogP contribution in [0.2, 0.25) is 0 Å². The predicted molar refractivity (Wildman–Crippen MR) is 61.0 cm³/mol. The van der Waals surface area contributed by atoms with E-state index in [1.807, 2.05) is 19.9 Å². The molecule has 1 saturated heterocycles. The van der Waals surface area contributed by atoms with Gasteiger partial charge in [0, 0.05) is 13.1 Å². The molecule has 1 aliphatic heterocycles. The van der Waals surface area contributed by atoms with Crippen LogP contribution in [-0.4, -0.2) is 24.5 Å². The molecule has 0 amide bonds. The van der Waals surface area contributed by atoms with Gasteiger partial charge < -0.3 is 4.90 Å². The zero-order valence-electron chi connectivity index (χ0n) is 9.77. The number of likely N-dealkylation sites (tertiary alicyclic amines) is 1. The van der Waals surface area contributed by atoms with E-state index < -0.39 is 0 Å². The highest BCUT2D eigenvalue weighted by atomic mass is 15.2. The minimum Gasteiger partial charge on any atom is -0.302 e. The van der Waals surface area contributed by atoms with E-state index in [4.69, 9.17) is 0 Å². The summed E-state index contributed by atoms with van der Waals surface area (Å²) >= 11 is 0. The van der Waals surface area contributed by atoms with E-state index in [1.165, 1.54) is 32.5 Å². The molecule has 1 rings (SSSR count). The lowest BCUT2D eigenvalue weighted by molar-refractivity contribution is 0.0143. The van der Waals surface area contributed by atoms with Crippen LogP contribution in [0.3, 0.4) is 0 Å². The number of rotatable bonds is 4. The molecule has 0 unspecified atom stereocenters. The molecule has 0 saturated carbocycles. The molecular weight excluding hydrogens is 158 g/mol. The number of hydrogen-bond donors (Lipinski definition) is 0. The first-order valence-corrected chi connectivity index (χ1v) is 5.53. The average molecular weight is 183 g/mol. The van der Waals surface area contributed by atoms with Crippen LogP contribution in [0.25, 0.3) is 0 Å². The molecule has 78 valence electrons. The lowest BCUT2D eigenvalue weighted by atomic mass is 9.78. The van der Waals surface area contributed by atoms with Gasteiger partial charge in [-0.15, -0.1) is 6.58 Å². The first kappa shape index (κ1) is 12.7. The monoisotopic (exact) mass is 183 g/mol. The fourth-order valence-electron chi connectivity index (χ4n) is 1.87. The van der Waals surface area contributed by atoms with Crippen LogP contribution in [0.5, 0.6) is 0 Å². The van der Waals surface area contributed by atoms with Crippen molar-refractivity contribution in [2.24, 2.45) is 5.41 Å². The fourth-order valence-corrected chi connectivity index (χ4v) is 1.87. The minimum atomic E-state index is 0.601. The van der Waals surface area contributed by atoms with E-state index in [0.717, 1.165) is 0 Å². The molecule has 1 aliphatic rings. The Hall–Kier alpha value is -0.300. The molecular formula is C12H25N. The van der Waals surface area contributed by atoms with Crippen LogP contribution in [0, 0.1) is 5.41 Å². The molecule has 1 heterocycles. The number of hydrogen-bond acceptors (Lipinski definition) is 1. The van der Waals surface area contributed by atoms with Crippen molar-refractivity contribution in [1.82, 2.24) is 4.90 Å². The van der Waals surface area contributed by atoms with Gasteiger partial charge in [-0.1, -0.05) is 33.8 Å². The van der Waals surface area contributed by atoms with Crippen molar-refractivity contribution in [3.05, 3.63) is 12.7 Å². The van der Waals surface area contributed by atoms with Crippen molar-refractivity contribution >= 4 is 0 Å². The molecule has 0 aromatic heterocycles. The third-order valence-corrected chi connectivity index (χ3v) is 2.61. The van der Waals surface area contributed by atoms with Crippen LogP contribution >= 0.6 is 0 Å². The summed E-state index contributed by atoms with van der Waals surface area (Å²) in [7, 11) is 0. The van der Waals surface area contributed by atoms with Crippen molar-refractivity contribution < 1.29 is 0 Å². The average Bonchev–Trinajstić information content (AvgIpc) is 2.13. The summed E-state index contributed by atoms with van der Waals surface area (Å²) < 4.78 is 0. The number of allylic oxidation sites excluding steroid dienone is 1. The van der Waals surface area contributed by atoms with Gasteiger partial charge >= 0.3 is 0 Å². The maximum Gasteiger partial charge on any atom is 0.00478 e. The summed E-state index contributed by atoms with van der Waals surface area (Å²) in [6.07, 6.45) is 4.51. The van der Waals surface area contributed by atoms with Gasteiger partial charge in [-0.3, -0.25) is 0 Å². The molecule has 0 N–H and O–H groups in total. The van der Waals surface area contributed by atoms with Crippen LogP contribution in [0.4, 0.5) is 0 Å². The van der Waals surface area contributed by atoms with Crippen molar-refractivity contribution in [1.29, 1.82) is 0 Å². The molecule has 0 aromatic rings. The second-order valence-electron chi connectivity index (χ2n) is 3.94. The van der Waals surface area contributed by atoms with Gasteiger partial charge in [-0.25, -0.2) is 0 Å². The van der Waals surface area contributed by atoms with Crippen molar-refractivity contribution in [3.8, 4) is 0 Å². The molecule has 0 atom stereocenters. The molecule has 0 spiro atoms. The van der Waals surface area contributed by atoms with E-state index in [1.54, 1.807) is 0 Å². The van der Waals surface area contributed by atoms with E-state index in [-0.39, 0.29) is 0 Å². The van der Waals surface area contributed by atoms with E-state index in [9.17, 15) is 0 Å². The van der Waals surface area contributed by atoms with Gasteiger partial charge in [0.1, 0.15) is 0 Å². The summed E-state index contributed by atoms with van der Waals surface area (Å²) in [5.74, 6) is 0. The Morgan fingerprint density at radius 3 is 2.31 bits per heavy atom. The maximum absolute atomic E-state index is 3.75. The van der Waals surface area contributed by atoms with Crippen LogP contribution in [0.1, 0.15) is 40.5 Å². The second kappa shape index (κ2) is 6.20.